The number of halogens is 4. The van der Waals surface area contributed by atoms with Crippen LogP contribution in [0.2, 0.25) is 0 Å². The number of aromatic nitrogens is 3. The van der Waals surface area contributed by atoms with Gasteiger partial charge in [-0.2, -0.15) is 18.3 Å². The average molecular weight is 437 g/mol. The summed E-state index contributed by atoms with van der Waals surface area (Å²) in [4.78, 5) is 3.87. The highest BCUT2D eigenvalue weighted by Gasteiger charge is 2.44. The third-order valence-corrected chi connectivity index (χ3v) is 4.69. The Morgan fingerprint density at radius 3 is 2.74 bits per heavy atom. The van der Waals surface area contributed by atoms with Gasteiger partial charge >= 0.3 is 6.18 Å². The predicted octanol–water partition coefficient (Wildman–Crippen LogP) is 4.00. The summed E-state index contributed by atoms with van der Waals surface area (Å²) < 4.78 is 48.6. The van der Waals surface area contributed by atoms with Gasteiger partial charge in [-0.25, -0.2) is 9.67 Å². The molecule has 3 rings (SSSR count). The summed E-state index contributed by atoms with van der Waals surface area (Å²) in [6.07, 6.45) is 0.640. The molecule has 1 aliphatic rings. The molecule has 1 unspecified atom stereocenters. The highest BCUT2D eigenvalue weighted by Crippen LogP contribution is 2.43. The fraction of sp³-hybridized carbons (Fsp3) is 0.467. The van der Waals surface area contributed by atoms with Crippen molar-refractivity contribution in [2.45, 2.75) is 37.6 Å². The first-order valence-electron chi connectivity index (χ1n) is 7.24. The van der Waals surface area contributed by atoms with E-state index in [-0.39, 0.29) is 12.1 Å². The minimum absolute atomic E-state index is 0.181. The van der Waals surface area contributed by atoms with E-state index in [0.29, 0.717) is 16.6 Å². The molecule has 0 spiro atoms. The fourth-order valence-electron chi connectivity index (χ4n) is 3.00. The molecule has 1 atom stereocenters. The average Bonchev–Trinajstić information content (AvgIpc) is 3.00. The molecule has 1 saturated heterocycles. The lowest BCUT2D eigenvalue weighted by atomic mass is 9.83. The van der Waals surface area contributed by atoms with Gasteiger partial charge in [-0.3, -0.25) is 0 Å². The van der Waals surface area contributed by atoms with Crippen LogP contribution in [-0.2, 0) is 23.1 Å². The monoisotopic (exact) mass is 437 g/mol. The number of rotatable bonds is 3. The summed E-state index contributed by atoms with van der Waals surface area (Å²) in [6, 6.07) is 4.40. The van der Waals surface area contributed by atoms with Crippen molar-refractivity contribution in [1.82, 2.24) is 14.8 Å². The first-order valence-corrected chi connectivity index (χ1v) is 8.32. The molecule has 0 bridgehead atoms. The van der Waals surface area contributed by atoms with Crippen molar-refractivity contribution < 1.29 is 17.9 Å². The standard InChI is InChI=1S/C15H15F3IN3O/c16-15(17,18)13-7-11(19)3-4-12(13)14(5-1-2-6-23-14)8-22-10-20-9-21-22/h3-4,7,9-10H,1-2,5-6,8H2. The number of ether oxygens (including phenoxy) is 1. The maximum absolute atomic E-state index is 13.5. The molecule has 1 aromatic carbocycles. The predicted molar refractivity (Wildman–Crippen MR) is 85.7 cm³/mol. The molecule has 23 heavy (non-hydrogen) atoms. The normalized spacial score (nSPS) is 22.3. The molecule has 4 nitrogen and oxygen atoms in total. The van der Waals surface area contributed by atoms with Gasteiger partial charge in [-0.1, -0.05) is 6.07 Å². The molecule has 0 saturated carbocycles. The van der Waals surface area contributed by atoms with E-state index >= 15 is 0 Å². The Bertz CT molecular complexity index is 667. The van der Waals surface area contributed by atoms with E-state index in [9.17, 15) is 13.2 Å². The number of nitrogens with zero attached hydrogens (tertiary/aromatic N) is 3. The zero-order chi connectivity index (χ0) is 16.5. The maximum Gasteiger partial charge on any atom is 0.416 e. The SMILES string of the molecule is FC(F)(F)c1cc(I)ccc1C1(Cn2cncn2)CCCCO1. The van der Waals surface area contributed by atoms with E-state index in [4.69, 9.17) is 4.74 Å². The van der Waals surface area contributed by atoms with Gasteiger partial charge in [0.25, 0.3) is 0 Å². The minimum atomic E-state index is -4.42. The Kier molecular flexibility index (Phi) is 4.63. The van der Waals surface area contributed by atoms with Gasteiger partial charge < -0.3 is 4.74 Å². The van der Waals surface area contributed by atoms with E-state index in [1.807, 2.05) is 22.6 Å². The molecule has 2 heterocycles. The maximum atomic E-state index is 13.5. The van der Waals surface area contributed by atoms with Crippen LogP contribution in [0.3, 0.4) is 0 Å². The molecule has 0 N–H and O–H groups in total. The van der Waals surface area contributed by atoms with Crippen molar-refractivity contribution in [3.05, 3.63) is 45.6 Å². The molecule has 0 amide bonds. The van der Waals surface area contributed by atoms with E-state index in [0.717, 1.165) is 12.8 Å². The summed E-state index contributed by atoms with van der Waals surface area (Å²) in [5.41, 5.74) is -1.48. The molecular formula is C15H15F3IN3O. The molecule has 0 radical (unpaired) electrons. The zero-order valence-electron chi connectivity index (χ0n) is 12.2. The van der Waals surface area contributed by atoms with Crippen molar-refractivity contribution in [3.63, 3.8) is 0 Å². The van der Waals surface area contributed by atoms with Crippen LogP contribution < -0.4 is 0 Å². The van der Waals surface area contributed by atoms with Crippen LogP contribution >= 0.6 is 22.6 Å². The van der Waals surface area contributed by atoms with Gasteiger partial charge in [-0.05, 0) is 59.5 Å². The second-order valence-electron chi connectivity index (χ2n) is 5.58. The number of alkyl halides is 3. The van der Waals surface area contributed by atoms with Crippen molar-refractivity contribution in [1.29, 1.82) is 0 Å². The van der Waals surface area contributed by atoms with Crippen molar-refractivity contribution in [3.8, 4) is 0 Å². The van der Waals surface area contributed by atoms with Crippen LogP contribution in [0.1, 0.15) is 30.4 Å². The van der Waals surface area contributed by atoms with Crippen LogP contribution in [0.4, 0.5) is 13.2 Å². The molecule has 1 aromatic heterocycles. The summed E-state index contributed by atoms with van der Waals surface area (Å²) in [5.74, 6) is 0. The van der Waals surface area contributed by atoms with Crippen LogP contribution in [0.25, 0.3) is 0 Å². The quantitative estimate of drug-likeness (QED) is 0.682. The van der Waals surface area contributed by atoms with Crippen LogP contribution in [0.15, 0.2) is 30.9 Å². The highest BCUT2D eigenvalue weighted by molar-refractivity contribution is 14.1. The van der Waals surface area contributed by atoms with Gasteiger partial charge in [0.1, 0.15) is 18.3 Å². The number of hydrogen-bond acceptors (Lipinski definition) is 3. The van der Waals surface area contributed by atoms with Crippen molar-refractivity contribution in [2.75, 3.05) is 6.61 Å². The van der Waals surface area contributed by atoms with Crippen molar-refractivity contribution >= 4 is 22.6 Å². The second kappa shape index (κ2) is 6.39. The van der Waals surface area contributed by atoms with Crippen molar-refractivity contribution in [2.24, 2.45) is 0 Å². The first-order chi connectivity index (χ1) is 10.9. The van der Waals surface area contributed by atoms with Gasteiger partial charge in [0, 0.05) is 10.2 Å². The van der Waals surface area contributed by atoms with Crippen LogP contribution in [0.5, 0.6) is 0 Å². The van der Waals surface area contributed by atoms with Crippen LogP contribution in [0, 0.1) is 3.57 Å². The highest BCUT2D eigenvalue weighted by atomic mass is 127. The summed E-state index contributed by atoms with van der Waals surface area (Å²) in [7, 11) is 0. The second-order valence-corrected chi connectivity index (χ2v) is 6.83. The molecule has 8 heteroatoms. The summed E-state index contributed by atoms with van der Waals surface area (Å²) in [6.45, 7) is 0.661. The van der Waals surface area contributed by atoms with E-state index in [1.54, 1.807) is 6.07 Å². The molecule has 0 aliphatic carbocycles. The Morgan fingerprint density at radius 1 is 1.30 bits per heavy atom. The Hall–Kier alpha value is -1.16. The lowest BCUT2D eigenvalue weighted by Crippen LogP contribution is -2.40. The lowest BCUT2D eigenvalue weighted by Gasteiger charge is -2.39. The van der Waals surface area contributed by atoms with Gasteiger partial charge in [-0.15, -0.1) is 0 Å². The largest absolute Gasteiger partial charge is 0.416 e. The Balaban J connectivity index is 2.10. The third kappa shape index (κ3) is 3.52. The third-order valence-electron chi connectivity index (χ3n) is 4.02. The summed E-state index contributed by atoms with van der Waals surface area (Å²) >= 11 is 1.89. The molecule has 124 valence electrons. The topological polar surface area (TPSA) is 39.9 Å². The zero-order valence-corrected chi connectivity index (χ0v) is 14.3. The van der Waals surface area contributed by atoms with Gasteiger partial charge in [0.05, 0.1) is 12.1 Å². The Labute approximate surface area is 145 Å². The fourth-order valence-corrected chi connectivity index (χ4v) is 3.49. The lowest BCUT2D eigenvalue weighted by molar-refractivity contribution is -0.146. The number of hydrogen-bond donors (Lipinski definition) is 0. The summed E-state index contributed by atoms with van der Waals surface area (Å²) in [5, 5.41) is 4.03. The van der Waals surface area contributed by atoms with E-state index < -0.39 is 17.3 Å². The Morgan fingerprint density at radius 2 is 2.13 bits per heavy atom. The van der Waals surface area contributed by atoms with E-state index in [2.05, 4.69) is 10.1 Å². The smallest absolute Gasteiger partial charge is 0.368 e. The van der Waals surface area contributed by atoms with E-state index in [1.165, 1.54) is 29.5 Å². The molecule has 1 aliphatic heterocycles. The van der Waals surface area contributed by atoms with Gasteiger partial charge in [0.2, 0.25) is 0 Å². The molecule has 1 fully saturated rings. The number of benzene rings is 1. The molecule has 2 aromatic rings. The van der Waals surface area contributed by atoms with Gasteiger partial charge in [0.15, 0.2) is 0 Å². The first kappa shape index (κ1) is 16.7. The molecular weight excluding hydrogens is 422 g/mol. The minimum Gasteiger partial charge on any atom is -0.368 e. The van der Waals surface area contributed by atoms with Crippen LogP contribution in [-0.4, -0.2) is 21.4 Å².